The van der Waals surface area contributed by atoms with Crippen molar-refractivity contribution in [2.45, 2.75) is 218 Å². The first-order chi connectivity index (χ1) is 62.5. The van der Waals surface area contributed by atoms with Crippen molar-refractivity contribution in [3.63, 3.8) is 0 Å². The van der Waals surface area contributed by atoms with Crippen LogP contribution >= 0.6 is 0 Å². The molecule has 4 saturated carbocycles. The summed E-state index contributed by atoms with van der Waals surface area (Å²) in [5, 5.41) is 0. The molecule has 0 N–H and O–H groups in total. The largest absolute Gasteiger partial charge is 0.204 e. The molecule has 684 valence electrons. The van der Waals surface area contributed by atoms with Gasteiger partial charge in [-0.2, -0.15) is 0 Å². The van der Waals surface area contributed by atoms with Crippen LogP contribution in [0.15, 0.2) is 194 Å². The topological polar surface area (TPSA) is 0 Å². The van der Waals surface area contributed by atoms with Crippen molar-refractivity contribution in [3.8, 4) is 89.0 Å². The Hall–Kier alpha value is -10.8. The quantitative estimate of drug-likeness (QED) is 0.0360. The number of benzene rings is 12. The molecule has 0 aromatic heterocycles. The van der Waals surface area contributed by atoms with Crippen LogP contribution in [0.2, 0.25) is 0 Å². The monoisotopic (exact) mass is 1800 g/mol. The van der Waals surface area contributed by atoms with Crippen LogP contribution < -0.4 is 0 Å². The molecule has 0 saturated heterocycles. The lowest BCUT2D eigenvalue weighted by Crippen LogP contribution is -2.13. The van der Waals surface area contributed by atoms with E-state index in [1.165, 1.54) is 186 Å². The summed E-state index contributed by atoms with van der Waals surface area (Å²) in [6.45, 7) is 8.89. The van der Waals surface area contributed by atoms with E-state index in [4.69, 9.17) is 0 Å². The van der Waals surface area contributed by atoms with Crippen molar-refractivity contribution in [2.24, 2.45) is 23.7 Å². The Balaban J connectivity index is 0.000000148. The van der Waals surface area contributed by atoms with Crippen molar-refractivity contribution >= 4 is 0 Å². The second-order valence-corrected chi connectivity index (χ2v) is 35.4. The smallest absolute Gasteiger partial charge is 0.194 e. The molecule has 0 unspecified atom stereocenters. The molecule has 0 nitrogen and oxygen atoms in total. The number of rotatable bonds is 22. The van der Waals surface area contributed by atoms with Crippen LogP contribution in [0, 0.1) is 140 Å². The fourth-order valence-corrected chi connectivity index (χ4v) is 19.4. The van der Waals surface area contributed by atoms with E-state index in [2.05, 4.69) is 27.7 Å². The van der Waals surface area contributed by atoms with Gasteiger partial charge in [0.1, 0.15) is 0 Å². The molecule has 0 bridgehead atoms. The van der Waals surface area contributed by atoms with Crippen LogP contribution in [0.1, 0.15) is 241 Å². The minimum atomic E-state index is -1.65. The van der Waals surface area contributed by atoms with Crippen molar-refractivity contribution < 1.29 is 87.8 Å². The fraction of sp³-hybridized carbons (Fsp3) is 0.345. The third kappa shape index (κ3) is 22.9. The Kier molecular flexibility index (Phi) is 33.1. The van der Waals surface area contributed by atoms with E-state index >= 15 is 0 Å². The van der Waals surface area contributed by atoms with Gasteiger partial charge in [-0.3, -0.25) is 0 Å². The van der Waals surface area contributed by atoms with Crippen LogP contribution in [0.5, 0.6) is 0 Å². The lowest BCUT2D eigenvalue weighted by Gasteiger charge is -2.29. The number of hydrogen-bond acceptors (Lipinski definition) is 0. The first-order valence-electron chi connectivity index (χ1n) is 45.5. The second-order valence-electron chi connectivity index (χ2n) is 35.4. The molecule has 12 aromatic carbocycles. The lowest BCUT2D eigenvalue weighted by molar-refractivity contribution is 0.303. The van der Waals surface area contributed by atoms with Crippen LogP contribution in [0.3, 0.4) is 0 Å². The molecule has 4 aliphatic carbocycles. The summed E-state index contributed by atoms with van der Waals surface area (Å²) < 4.78 is 280. The van der Waals surface area contributed by atoms with Gasteiger partial charge in [0.05, 0.1) is 0 Å². The van der Waals surface area contributed by atoms with Gasteiger partial charge in [-0.05, 0) is 265 Å². The molecule has 0 spiro atoms. The summed E-state index contributed by atoms with van der Waals surface area (Å²) in [5.74, 6) is -22.4. The van der Waals surface area contributed by atoms with Crippen LogP contribution in [-0.2, 0) is 0 Å². The van der Waals surface area contributed by atoms with Gasteiger partial charge in [0, 0.05) is 44.5 Å². The molecular weight excluding hydrogens is 1700 g/mol. The molecule has 130 heavy (non-hydrogen) atoms. The molecule has 4 fully saturated rings. The molecule has 0 aliphatic heterocycles. The maximum absolute atomic E-state index is 14.9. The number of hydrogen-bond donors (Lipinski definition) is 0. The van der Waals surface area contributed by atoms with Gasteiger partial charge in [0.25, 0.3) is 0 Å². The Bertz CT molecular complexity index is 5760. The summed E-state index contributed by atoms with van der Waals surface area (Å²) in [5.41, 5.74) is 4.80. The Morgan fingerprint density at radius 3 is 0.554 bits per heavy atom. The summed E-state index contributed by atoms with van der Waals surface area (Å²) >= 11 is 0. The van der Waals surface area contributed by atoms with E-state index in [1.54, 1.807) is 48.5 Å². The second kappa shape index (κ2) is 44.4. The Morgan fingerprint density at radius 1 is 0.177 bits per heavy atom. The lowest BCUT2D eigenvalue weighted by atomic mass is 9.77. The van der Waals surface area contributed by atoms with Crippen molar-refractivity contribution in [1.82, 2.24) is 0 Å². The maximum atomic E-state index is 14.9. The molecule has 16 rings (SSSR count). The Morgan fingerprint density at radius 2 is 0.362 bits per heavy atom. The highest BCUT2D eigenvalue weighted by Gasteiger charge is 2.31. The highest BCUT2D eigenvalue weighted by atomic mass is 19.2. The molecule has 20 heteroatoms. The minimum Gasteiger partial charge on any atom is -0.204 e. The molecule has 0 amide bonds. The average molecular weight is 1810 g/mol. The van der Waals surface area contributed by atoms with Crippen molar-refractivity contribution in [2.75, 3.05) is 0 Å². The van der Waals surface area contributed by atoms with Gasteiger partial charge >= 0.3 is 0 Å². The van der Waals surface area contributed by atoms with Gasteiger partial charge in [-0.25, -0.2) is 87.8 Å². The third-order valence-corrected chi connectivity index (χ3v) is 27.1. The summed E-state index contributed by atoms with van der Waals surface area (Å²) in [6.07, 6.45) is 31.7. The van der Waals surface area contributed by atoms with Crippen molar-refractivity contribution in [3.05, 3.63) is 333 Å². The van der Waals surface area contributed by atoms with E-state index in [1.807, 2.05) is 48.5 Å². The molecular formula is C110H104F20. The standard InChI is InChI=1S/C29H29F5.C28H27F5.C27H25F5.C26H23F5/c1-2-3-4-5-18-6-8-19(9-7-18)20-10-12-21(13-11-20)23-14-15-24(28(33)27(23)32)22-16-25(30)29(34)26(31)17-22;1-2-3-4-17-5-7-18(8-6-17)19-9-11-20(12-10-19)22-13-14-23(27(32)26(22)31)21-15-24(29)28(33)25(30)16-21;1-2-3-16-4-6-17(7-5-16)18-8-10-19(11-9-18)21-12-13-22(26(31)25(21)30)20-14-23(28)27(32)24(29)15-20;1-2-15-3-5-16(6-4-15)17-7-9-18(10-8-17)20-11-12-21(25(30)24(20)29)19-13-22(27)26(31)23(28)14-19/h10-19H,2-9H2,1H3;9-18H,2-8H2,1H3;8-17H,2-7H2,1H3;7-16H,2-6H2,1H3. The van der Waals surface area contributed by atoms with Crippen LogP contribution in [-0.4, -0.2) is 0 Å². The van der Waals surface area contributed by atoms with Crippen LogP contribution in [0.25, 0.3) is 89.0 Å². The minimum absolute atomic E-state index is 0.0607. The van der Waals surface area contributed by atoms with Crippen molar-refractivity contribution in [1.29, 1.82) is 0 Å². The summed E-state index contributed by atoms with van der Waals surface area (Å²) in [6, 6.07) is 45.8. The molecule has 0 atom stereocenters. The molecule has 0 heterocycles. The van der Waals surface area contributed by atoms with E-state index < -0.39 is 116 Å². The summed E-state index contributed by atoms with van der Waals surface area (Å²) in [4.78, 5) is 0. The van der Waals surface area contributed by atoms with E-state index in [0.29, 0.717) is 94.5 Å². The van der Waals surface area contributed by atoms with Gasteiger partial charge in [0.15, 0.2) is 116 Å². The summed E-state index contributed by atoms with van der Waals surface area (Å²) in [7, 11) is 0. The highest BCUT2D eigenvalue weighted by Crippen LogP contribution is 2.46. The van der Waals surface area contributed by atoms with Gasteiger partial charge in [-0.15, -0.1) is 0 Å². The zero-order valence-corrected chi connectivity index (χ0v) is 73.0. The van der Waals surface area contributed by atoms with Crippen LogP contribution in [0.4, 0.5) is 87.8 Å². The van der Waals surface area contributed by atoms with E-state index in [0.717, 1.165) is 75.0 Å². The first-order valence-corrected chi connectivity index (χ1v) is 45.5. The first kappa shape index (κ1) is 96.8. The molecule has 4 aliphatic rings. The third-order valence-electron chi connectivity index (χ3n) is 27.1. The SMILES string of the molecule is CCC1CCC(c2ccc(-c3ccc(-c4cc(F)c(F)c(F)c4)c(F)c3F)cc2)CC1.CCCC1CCC(c2ccc(-c3ccc(-c4cc(F)c(F)c(F)c4)c(F)c3F)cc2)CC1.CCCCC1CCC(c2ccc(-c3ccc(-c4cc(F)c(F)c(F)c4)c(F)c3F)cc2)CC1.CCCCCC1CCC(c2ccc(-c3ccc(-c4cc(F)c(F)c(F)c4)c(F)c3F)cc2)CC1. The normalized spacial score (nSPS) is 18.6. The maximum Gasteiger partial charge on any atom is 0.194 e. The van der Waals surface area contributed by atoms with E-state index in [-0.39, 0.29) is 66.8 Å². The Labute approximate surface area is 747 Å². The predicted octanol–water partition coefficient (Wildman–Crippen LogP) is 35.9. The van der Waals surface area contributed by atoms with E-state index in [9.17, 15) is 87.8 Å². The highest BCUT2D eigenvalue weighted by molar-refractivity contribution is 5.76. The molecule has 0 radical (unpaired) electrons. The molecule has 12 aromatic rings. The number of unbranched alkanes of at least 4 members (excludes halogenated alkanes) is 3. The fourth-order valence-electron chi connectivity index (χ4n) is 19.4. The zero-order chi connectivity index (χ0) is 92.7. The zero-order valence-electron chi connectivity index (χ0n) is 73.0. The van der Waals surface area contributed by atoms with Gasteiger partial charge < -0.3 is 0 Å². The van der Waals surface area contributed by atoms with Gasteiger partial charge in [0.2, 0.25) is 0 Å². The van der Waals surface area contributed by atoms with Gasteiger partial charge in [-0.1, -0.05) is 237 Å². The average Bonchev–Trinajstić information content (AvgIpc) is 0.792. The number of halogens is 20. The predicted molar refractivity (Wildman–Crippen MR) is 476 cm³/mol.